The molecule has 8 nitrogen and oxygen atoms in total. The van der Waals surface area contributed by atoms with Gasteiger partial charge < -0.3 is 19.5 Å². The molecule has 0 bridgehead atoms. The summed E-state index contributed by atoms with van der Waals surface area (Å²) < 4.78 is 44.3. The summed E-state index contributed by atoms with van der Waals surface area (Å²) in [4.78, 5) is 13.1. The lowest BCUT2D eigenvalue weighted by molar-refractivity contribution is -0.114. The van der Waals surface area contributed by atoms with E-state index in [9.17, 15) is 13.2 Å². The highest BCUT2D eigenvalue weighted by molar-refractivity contribution is 7.92. The van der Waals surface area contributed by atoms with Crippen LogP contribution in [0.5, 0.6) is 17.2 Å². The molecule has 3 aromatic carbocycles. The molecule has 3 rings (SSSR count). The number of amides is 1. The summed E-state index contributed by atoms with van der Waals surface area (Å²) in [5.41, 5.74) is 1.36. The van der Waals surface area contributed by atoms with Crippen LogP contribution in [0.3, 0.4) is 0 Å². The van der Waals surface area contributed by atoms with Crippen molar-refractivity contribution in [3.8, 4) is 17.2 Å². The quantitative estimate of drug-likeness (QED) is 0.461. The number of anilines is 2. The van der Waals surface area contributed by atoms with E-state index in [0.29, 0.717) is 22.2 Å². The molecule has 0 saturated heterocycles. The summed E-state index contributed by atoms with van der Waals surface area (Å²) in [6.07, 6.45) is 0. The first-order chi connectivity index (χ1) is 16.2. The van der Waals surface area contributed by atoms with Crippen LogP contribution in [0.15, 0.2) is 65.6 Å². The molecular weight excluding hydrogens is 480 g/mol. The second-order valence-electron chi connectivity index (χ2n) is 7.26. The van der Waals surface area contributed by atoms with Gasteiger partial charge in [-0.1, -0.05) is 29.3 Å². The molecule has 180 valence electrons. The number of carbonyl (C=O) groups excluding carboxylic acids is 1. The Morgan fingerprint density at radius 3 is 2.18 bits per heavy atom. The maximum atomic E-state index is 13.7. The van der Waals surface area contributed by atoms with Crippen molar-refractivity contribution in [1.29, 1.82) is 0 Å². The minimum atomic E-state index is -4.16. The van der Waals surface area contributed by atoms with Gasteiger partial charge in [0.05, 0.1) is 37.6 Å². The molecule has 0 radical (unpaired) electrons. The topological polar surface area (TPSA) is 94.2 Å². The zero-order valence-corrected chi connectivity index (χ0v) is 20.7. The number of halogens is 1. The molecule has 0 aliphatic heterocycles. The summed E-state index contributed by atoms with van der Waals surface area (Å²) in [5.74, 6) is 0.423. The molecule has 10 heteroatoms. The number of ether oxygens (including phenoxy) is 3. The number of nitrogens with zero attached hydrogens (tertiary/aromatic N) is 1. The van der Waals surface area contributed by atoms with Gasteiger partial charge in [-0.15, -0.1) is 0 Å². The van der Waals surface area contributed by atoms with E-state index in [2.05, 4.69) is 5.32 Å². The van der Waals surface area contributed by atoms with Crippen LogP contribution in [0.1, 0.15) is 5.56 Å². The van der Waals surface area contributed by atoms with E-state index in [4.69, 9.17) is 25.8 Å². The van der Waals surface area contributed by atoms with E-state index in [1.54, 1.807) is 36.4 Å². The maximum Gasteiger partial charge on any atom is 0.264 e. The van der Waals surface area contributed by atoms with Crippen molar-refractivity contribution in [3.05, 3.63) is 71.2 Å². The van der Waals surface area contributed by atoms with Gasteiger partial charge in [0.25, 0.3) is 10.0 Å². The zero-order valence-electron chi connectivity index (χ0n) is 19.2. The third-order valence-electron chi connectivity index (χ3n) is 4.99. The van der Waals surface area contributed by atoms with Gasteiger partial charge in [0.1, 0.15) is 23.8 Å². The molecule has 0 spiro atoms. The lowest BCUT2D eigenvalue weighted by atomic mass is 10.2. The molecule has 0 unspecified atom stereocenters. The lowest BCUT2D eigenvalue weighted by Gasteiger charge is -2.26. The monoisotopic (exact) mass is 504 g/mol. The van der Waals surface area contributed by atoms with Crippen LogP contribution in [0.25, 0.3) is 0 Å². The second-order valence-corrected chi connectivity index (χ2v) is 9.55. The molecule has 0 fully saturated rings. The van der Waals surface area contributed by atoms with E-state index in [1.807, 2.05) is 6.92 Å². The molecule has 0 heterocycles. The summed E-state index contributed by atoms with van der Waals surface area (Å²) in [6.45, 7) is 1.31. The van der Waals surface area contributed by atoms with Crippen molar-refractivity contribution < 1.29 is 27.4 Å². The Hall–Kier alpha value is -3.43. The van der Waals surface area contributed by atoms with Crippen molar-refractivity contribution in [2.24, 2.45) is 0 Å². The molecular formula is C24H25ClN2O6S. The molecule has 34 heavy (non-hydrogen) atoms. The lowest BCUT2D eigenvalue weighted by Crippen LogP contribution is -2.38. The number of carbonyl (C=O) groups is 1. The highest BCUT2D eigenvalue weighted by atomic mass is 35.5. The molecule has 1 N–H and O–H groups in total. The Bertz CT molecular complexity index is 1280. The Balaban J connectivity index is 2.07. The van der Waals surface area contributed by atoms with E-state index >= 15 is 0 Å². The number of benzene rings is 3. The first-order valence-corrected chi connectivity index (χ1v) is 12.0. The van der Waals surface area contributed by atoms with Gasteiger partial charge in [0, 0.05) is 11.1 Å². The summed E-state index contributed by atoms with van der Waals surface area (Å²) in [7, 11) is 0.169. The number of sulfonamides is 1. The van der Waals surface area contributed by atoms with Crippen LogP contribution in [0.2, 0.25) is 5.02 Å². The van der Waals surface area contributed by atoms with Crippen molar-refractivity contribution >= 4 is 38.9 Å². The van der Waals surface area contributed by atoms with Gasteiger partial charge in [0.2, 0.25) is 5.91 Å². The predicted molar refractivity (Wildman–Crippen MR) is 132 cm³/mol. The predicted octanol–water partition coefficient (Wildman–Crippen LogP) is 4.51. The van der Waals surface area contributed by atoms with Gasteiger partial charge in [-0.25, -0.2) is 8.42 Å². The Morgan fingerprint density at radius 2 is 1.56 bits per heavy atom. The minimum Gasteiger partial charge on any atom is -0.497 e. The third-order valence-corrected chi connectivity index (χ3v) is 7.00. The number of nitrogens with one attached hydrogen (secondary N) is 1. The number of hydrogen-bond acceptors (Lipinski definition) is 6. The highest BCUT2D eigenvalue weighted by Gasteiger charge is 2.30. The second kappa shape index (κ2) is 10.7. The van der Waals surface area contributed by atoms with Gasteiger partial charge in [-0.2, -0.15) is 0 Å². The van der Waals surface area contributed by atoms with Crippen LogP contribution in [0.4, 0.5) is 11.4 Å². The minimum absolute atomic E-state index is 0.0242. The number of methoxy groups -OCH3 is 3. The fourth-order valence-electron chi connectivity index (χ4n) is 3.23. The molecule has 3 aromatic rings. The number of aryl methyl sites for hydroxylation is 1. The smallest absolute Gasteiger partial charge is 0.264 e. The normalized spacial score (nSPS) is 11.0. The average Bonchev–Trinajstić information content (AvgIpc) is 2.82. The van der Waals surface area contributed by atoms with Crippen LogP contribution >= 0.6 is 11.6 Å². The summed E-state index contributed by atoms with van der Waals surface area (Å²) in [5, 5.41) is 3.06. The van der Waals surface area contributed by atoms with E-state index in [-0.39, 0.29) is 16.3 Å². The van der Waals surface area contributed by atoms with Gasteiger partial charge in [0.15, 0.2) is 0 Å². The van der Waals surface area contributed by atoms with E-state index in [0.717, 1.165) is 9.87 Å². The number of rotatable bonds is 9. The summed E-state index contributed by atoms with van der Waals surface area (Å²) in [6, 6.07) is 15.8. The Kier molecular flexibility index (Phi) is 7.90. The van der Waals surface area contributed by atoms with Gasteiger partial charge >= 0.3 is 0 Å². The van der Waals surface area contributed by atoms with E-state index in [1.165, 1.54) is 45.6 Å². The molecule has 0 aliphatic rings. The maximum absolute atomic E-state index is 13.7. The standard InChI is InChI=1S/C24H25ClN2O6S/c1-16-5-9-19(10-6-16)34(29,30)27(21-14-18(31-2)8-12-23(21)33-4)15-24(28)26-20-13-17(25)7-11-22(20)32-3/h5-14H,15H2,1-4H3,(H,26,28). The molecule has 0 aromatic heterocycles. The largest absolute Gasteiger partial charge is 0.497 e. The number of hydrogen-bond donors (Lipinski definition) is 1. The van der Waals surface area contributed by atoms with Crippen LogP contribution < -0.4 is 23.8 Å². The SMILES string of the molecule is COc1ccc(OC)c(N(CC(=O)Nc2cc(Cl)ccc2OC)S(=O)(=O)c2ccc(C)cc2)c1. The van der Waals surface area contributed by atoms with Gasteiger partial charge in [-0.05, 0) is 49.4 Å². The van der Waals surface area contributed by atoms with Crippen molar-refractivity contribution in [1.82, 2.24) is 0 Å². The van der Waals surface area contributed by atoms with Gasteiger partial charge in [-0.3, -0.25) is 9.10 Å². The van der Waals surface area contributed by atoms with Crippen LogP contribution in [-0.2, 0) is 14.8 Å². The van der Waals surface area contributed by atoms with E-state index < -0.39 is 22.5 Å². The first-order valence-electron chi connectivity index (χ1n) is 10.1. The zero-order chi connectivity index (χ0) is 24.9. The summed E-state index contributed by atoms with van der Waals surface area (Å²) >= 11 is 6.05. The average molecular weight is 505 g/mol. The first kappa shape index (κ1) is 25.2. The molecule has 0 aliphatic carbocycles. The van der Waals surface area contributed by atoms with Crippen molar-refractivity contribution in [2.75, 3.05) is 37.5 Å². The Morgan fingerprint density at radius 1 is 0.912 bits per heavy atom. The van der Waals surface area contributed by atoms with Crippen LogP contribution in [-0.4, -0.2) is 42.2 Å². The third kappa shape index (κ3) is 5.55. The van der Waals surface area contributed by atoms with Crippen molar-refractivity contribution in [3.63, 3.8) is 0 Å². The Labute approximate surface area is 204 Å². The molecule has 0 saturated carbocycles. The van der Waals surface area contributed by atoms with Crippen molar-refractivity contribution in [2.45, 2.75) is 11.8 Å². The molecule has 1 amide bonds. The fraction of sp³-hybridized carbons (Fsp3) is 0.208. The molecule has 0 atom stereocenters. The fourth-order valence-corrected chi connectivity index (χ4v) is 4.82. The highest BCUT2D eigenvalue weighted by Crippen LogP contribution is 2.36. The van der Waals surface area contributed by atoms with Crippen LogP contribution in [0, 0.1) is 6.92 Å².